The first-order valence-corrected chi connectivity index (χ1v) is 6.00. The van der Waals surface area contributed by atoms with Crippen molar-refractivity contribution in [2.75, 3.05) is 7.05 Å². The molecule has 0 aliphatic carbocycles. The van der Waals surface area contributed by atoms with Crippen molar-refractivity contribution in [2.24, 2.45) is 0 Å². The molecule has 0 atom stereocenters. The van der Waals surface area contributed by atoms with Gasteiger partial charge in [0.05, 0.1) is 0 Å². The van der Waals surface area contributed by atoms with E-state index in [2.05, 4.69) is 10.3 Å². The van der Waals surface area contributed by atoms with Crippen LogP contribution in [0.15, 0.2) is 30.5 Å². The predicted molar refractivity (Wildman–Crippen MR) is 65.3 cm³/mol. The van der Waals surface area contributed by atoms with Gasteiger partial charge in [-0.1, -0.05) is 24.3 Å². The Morgan fingerprint density at radius 2 is 2.00 bits per heavy atom. The zero-order chi connectivity index (χ0) is 12.3. The first-order valence-electron chi connectivity index (χ1n) is 5.18. The van der Waals surface area contributed by atoms with Gasteiger partial charge in [-0.15, -0.1) is 11.3 Å². The second-order valence-corrected chi connectivity index (χ2v) is 4.70. The summed E-state index contributed by atoms with van der Waals surface area (Å²) in [6.45, 7) is 0.771. The van der Waals surface area contributed by atoms with Gasteiger partial charge in [-0.05, 0) is 7.05 Å². The van der Waals surface area contributed by atoms with Crippen LogP contribution in [0.25, 0.3) is 10.6 Å². The molecule has 2 rings (SSSR count). The van der Waals surface area contributed by atoms with Crippen LogP contribution in [0.3, 0.4) is 0 Å². The van der Waals surface area contributed by atoms with Crippen molar-refractivity contribution in [3.05, 3.63) is 40.9 Å². The highest BCUT2D eigenvalue weighted by Gasteiger charge is 2.08. The van der Waals surface area contributed by atoms with Gasteiger partial charge in [-0.3, -0.25) is 0 Å². The Hall–Kier alpha value is -1.33. The molecule has 0 amide bonds. The molecule has 0 unspecified atom stereocenters. The highest BCUT2D eigenvalue weighted by molar-refractivity contribution is 7.15. The third-order valence-corrected chi connectivity index (χ3v) is 3.36. The second kappa shape index (κ2) is 5.33. The smallest absolute Gasteiger partial charge is 0.263 e. The van der Waals surface area contributed by atoms with Crippen molar-refractivity contribution in [1.29, 1.82) is 0 Å². The van der Waals surface area contributed by atoms with Gasteiger partial charge >= 0.3 is 0 Å². The maximum atomic E-state index is 12.4. The molecule has 0 fully saturated rings. The van der Waals surface area contributed by atoms with Crippen LogP contribution in [0, 0.1) is 0 Å². The number of rotatable bonds is 4. The van der Waals surface area contributed by atoms with E-state index in [1.54, 1.807) is 29.7 Å². The van der Waals surface area contributed by atoms with Crippen LogP contribution in [0.1, 0.15) is 16.9 Å². The molecule has 1 N–H and O–H groups in total. The number of halogens is 2. The number of nitrogens with one attached hydrogen (secondary N) is 1. The molecule has 0 bridgehead atoms. The van der Waals surface area contributed by atoms with Crippen LogP contribution in [-0.2, 0) is 6.54 Å². The molecule has 2 aromatic rings. The van der Waals surface area contributed by atoms with Gasteiger partial charge in [0, 0.05) is 28.7 Å². The lowest BCUT2D eigenvalue weighted by Crippen LogP contribution is -2.02. The first kappa shape index (κ1) is 12.1. The van der Waals surface area contributed by atoms with E-state index < -0.39 is 6.43 Å². The molecular formula is C12H12F2N2S. The van der Waals surface area contributed by atoms with Crippen molar-refractivity contribution in [1.82, 2.24) is 10.3 Å². The summed E-state index contributed by atoms with van der Waals surface area (Å²) in [5.41, 5.74) is 0.919. The molecule has 1 aromatic heterocycles. The lowest BCUT2D eigenvalue weighted by molar-refractivity contribution is 0.151. The molecule has 5 heteroatoms. The Bertz CT molecular complexity index is 480. The standard InChI is InChI=1S/C12H12F2N2S/c1-15-6-10-7-16-12(17-10)9-4-2-8(3-5-9)11(13)14/h2-5,7,11,15H,6H2,1H3. The summed E-state index contributed by atoms with van der Waals surface area (Å²) in [5, 5.41) is 3.90. The van der Waals surface area contributed by atoms with Gasteiger partial charge in [0.1, 0.15) is 5.01 Å². The second-order valence-electron chi connectivity index (χ2n) is 3.58. The Labute approximate surface area is 102 Å². The number of nitrogens with zero attached hydrogens (tertiary/aromatic N) is 1. The zero-order valence-corrected chi connectivity index (χ0v) is 10.1. The van der Waals surface area contributed by atoms with Gasteiger partial charge < -0.3 is 5.32 Å². The quantitative estimate of drug-likeness (QED) is 0.903. The van der Waals surface area contributed by atoms with Crippen LogP contribution in [-0.4, -0.2) is 12.0 Å². The van der Waals surface area contributed by atoms with Crippen molar-refractivity contribution in [2.45, 2.75) is 13.0 Å². The summed E-state index contributed by atoms with van der Waals surface area (Å²) in [6, 6.07) is 6.26. The number of aromatic nitrogens is 1. The monoisotopic (exact) mass is 254 g/mol. The highest BCUT2D eigenvalue weighted by atomic mass is 32.1. The summed E-state index contributed by atoms with van der Waals surface area (Å²) >= 11 is 1.56. The Morgan fingerprint density at radius 3 is 2.59 bits per heavy atom. The minimum absolute atomic E-state index is 0.0424. The van der Waals surface area contributed by atoms with Crippen molar-refractivity contribution < 1.29 is 8.78 Å². The van der Waals surface area contributed by atoms with E-state index in [1.165, 1.54) is 12.1 Å². The maximum absolute atomic E-state index is 12.4. The zero-order valence-electron chi connectivity index (χ0n) is 9.28. The van der Waals surface area contributed by atoms with E-state index in [0.29, 0.717) is 0 Å². The fraction of sp³-hybridized carbons (Fsp3) is 0.250. The largest absolute Gasteiger partial charge is 0.315 e. The minimum Gasteiger partial charge on any atom is -0.315 e. The fourth-order valence-corrected chi connectivity index (χ4v) is 2.40. The lowest BCUT2D eigenvalue weighted by Gasteiger charge is -2.00. The van der Waals surface area contributed by atoms with Crippen LogP contribution >= 0.6 is 11.3 Å². The summed E-state index contributed by atoms with van der Waals surface area (Å²) in [6.07, 6.45) is -0.613. The summed E-state index contributed by atoms with van der Waals surface area (Å²) in [5.74, 6) is 0. The molecule has 2 nitrogen and oxygen atoms in total. The van der Waals surface area contributed by atoms with Crippen molar-refractivity contribution >= 4 is 11.3 Å². The predicted octanol–water partition coefficient (Wildman–Crippen LogP) is 3.47. The number of thiazole rings is 1. The molecule has 90 valence electrons. The first-order chi connectivity index (χ1) is 8.20. The van der Waals surface area contributed by atoms with E-state index in [4.69, 9.17) is 0 Å². The number of hydrogen-bond donors (Lipinski definition) is 1. The SMILES string of the molecule is CNCc1cnc(-c2ccc(C(F)F)cc2)s1. The van der Waals surface area contributed by atoms with Crippen molar-refractivity contribution in [3.63, 3.8) is 0 Å². The van der Waals surface area contributed by atoms with Crippen LogP contribution in [0.4, 0.5) is 8.78 Å². The molecule has 0 spiro atoms. The van der Waals surface area contributed by atoms with E-state index in [0.717, 1.165) is 22.0 Å². The molecule has 17 heavy (non-hydrogen) atoms. The summed E-state index contributed by atoms with van der Waals surface area (Å²) in [7, 11) is 1.87. The lowest BCUT2D eigenvalue weighted by atomic mass is 10.1. The Morgan fingerprint density at radius 1 is 1.29 bits per heavy atom. The fourth-order valence-electron chi connectivity index (χ4n) is 1.47. The van der Waals surface area contributed by atoms with Crippen LogP contribution in [0.2, 0.25) is 0 Å². The Kier molecular flexibility index (Phi) is 3.81. The number of alkyl halides is 2. The summed E-state index contributed by atoms with van der Waals surface area (Å²) in [4.78, 5) is 5.40. The molecule has 0 saturated heterocycles. The van der Waals surface area contributed by atoms with Gasteiger partial charge in [0.15, 0.2) is 0 Å². The maximum Gasteiger partial charge on any atom is 0.263 e. The number of hydrogen-bond acceptors (Lipinski definition) is 3. The van der Waals surface area contributed by atoms with Gasteiger partial charge in [-0.25, -0.2) is 13.8 Å². The molecule has 0 aliphatic heterocycles. The summed E-state index contributed by atoms with van der Waals surface area (Å²) < 4.78 is 24.8. The molecule has 0 aliphatic rings. The van der Waals surface area contributed by atoms with E-state index in [9.17, 15) is 8.78 Å². The van der Waals surface area contributed by atoms with E-state index in [1.807, 2.05) is 7.05 Å². The van der Waals surface area contributed by atoms with E-state index in [-0.39, 0.29) is 5.56 Å². The Balaban J connectivity index is 2.21. The topological polar surface area (TPSA) is 24.9 Å². The third kappa shape index (κ3) is 2.87. The normalized spacial score (nSPS) is 11.1. The highest BCUT2D eigenvalue weighted by Crippen LogP contribution is 2.27. The molecule has 1 aromatic carbocycles. The number of benzene rings is 1. The van der Waals surface area contributed by atoms with E-state index >= 15 is 0 Å². The van der Waals surface area contributed by atoms with Gasteiger partial charge in [-0.2, -0.15) is 0 Å². The minimum atomic E-state index is -2.42. The van der Waals surface area contributed by atoms with Gasteiger partial charge in [0.2, 0.25) is 0 Å². The third-order valence-electron chi connectivity index (χ3n) is 2.31. The molecular weight excluding hydrogens is 242 g/mol. The van der Waals surface area contributed by atoms with Crippen LogP contribution < -0.4 is 5.32 Å². The molecule has 1 heterocycles. The van der Waals surface area contributed by atoms with Crippen molar-refractivity contribution in [3.8, 4) is 10.6 Å². The van der Waals surface area contributed by atoms with Crippen LogP contribution in [0.5, 0.6) is 0 Å². The molecule has 0 saturated carbocycles. The molecule has 0 radical (unpaired) electrons. The average molecular weight is 254 g/mol. The average Bonchev–Trinajstić information content (AvgIpc) is 2.78. The van der Waals surface area contributed by atoms with Gasteiger partial charge in [0.25, 0.3) is 6.43 Å².